The highest BCUT2D eigenvalue weighted by atomic mass is 32.2. The molecule has 0 aliphatic rings. The fourth-order valence-electron chi connectivity index (χ4n) is 3.40. The molecule has 0 radical (unpaired) electrons. The van der Waals surface area contributed by atoms with E-state index in [1.165, 1.54) is 19.2 Å². The Balaban J connectivity index is 1.83. The van der Waals surface area contributed by atoms with E-state index in [0.717, 1.165) is 26.6 Å². The van der Waals surface area contributed by atoms with E-state index in [-0.39, 0.29) is 23.4 Å². The molecule has 0 heterocycles. The van der Waals surface area contributed by atoms with Crippen molar-refractivity contribution in [1.29, 1.82) is 0 Å². The highest BCUT2D eigenvalue weighted by Crippen LogP contribution is 2.26. The van der Waals surface area contributed by atoms with Crippen LogP contribution in [0.25, 0.3) is 0 Å². The van der Waals surface area contributed by atoms with Crippen LogP contribution in [-0.4, -0.2) is 32.2 Å². The van der Waals surface area contributed by atoms with Crippen LogP contribution >= 0.6 is 0 Å². The summed E-state index contributed by atoms with van der Waals surface area (Å²) in [7, 11) is -2.33. The van der Waals surface area contributed by atoms with Gasteiger partial charge >= 0.3 is 0 Å². The van der Waals surface area contributed by atoms with Gasteiger partial charge in [0.2, 0.25) is 15.9 Å². The molecule has 30 heavy (non-hydrogen) atoms. The molecule has 1 unspecified atom stereocenters. The molecule has 0 aromatic heterocycles. The van der Waals surface area contributed by atoms with Crippen molar-refractivity contribution in [3.05, 3.63) is 101 Å². The molecule has 1 atom stereocenters. The second-order valence-corrected chi connectivity index (χ2v) is 9.39. The molecule has 6 heteroatoms. The summed E-state index contributed by atoms with van der Waals surface area (Å²) in [4.78, 5) is 13.0. The summed E-state index contributed by atoms with van der Waals surface area (Å²) in [6.45, 7) is 3.76. The van der Waals surface area contributed by atoms with Crippen LogP contribution in [0.15, 0.2) is 83.8 Å². The quantitative estimate of drug-likeness (QED) is 0.629. The van der Waals surface area contributed by atoms with Gasteiger partial charge in [0.05, 0.1) is 17.5 Å². The van der Waals surface area contributed by atoms with Crippen molar-refractivity contribution in [2.75, 3.05) is 13.6 Å². The third-order valence-electron chi connectivity index (χ3n) is 4.99. The summed E-state index contributed by atoms with van der Waals surface area (Å²) in [5.41, 5.74) is 4.12. The summed E-state index contributed by atoms with van der Waals surface area (Å²) in [6.07, 6.45) is 0. The molecule has 3 aromatic carbocycles. The third kappa shape index (κ3) is 4.96. The Morgan fingerprint density at radius 3 is 2.13 bits per heavy atom. The first-order valence-corrected chi connectivity index (χ1v) is 11.2. The molecular formula is C24H26N2O3S. The largest absolute Gasteiger partial charge is 0.344 e. The molecular weight excluding hydrogens is 396 g/mol. The van der Waals surface area contributed by atoms with Crippen molar-refractivity contribution >= 4 is 15.9 Å². The standard InChI is InChI=1S/C24H26N2O3S/c1-18-14-15-22(19(2)16-18)24(20-10-6-4-7-11-20)25-23(27)17-26(3)30(28,29)21-12-8-5-9-13-21/h4-16,24H,17H2,1-3H3,(H,25,27). The van der Waals surface area contributed by atoms with Gasteiger partial charge in [-0.25, -0.2) is 8.42 Å². The minimum absolute atomic E-state index is 0.161. The topological polar surface area (TPSA) is 66.5 Å². The Kier molecular flexibility index (Phi) is 6.70. The average molecular weight is 423 g/mol. The van der Waals surface area contributed by atoms with Crippen molar-refractivity contribution in [3.63, 3.8) is 0 Å². The zero-order valence-corrected chi connectivity index (χ0v) is 18.2. The molecule has 0 aliphatic carbocycles. The molecule has 1 N–H and O–H groups in total. The molecule has 0 fully saturated rings. The number of carbonyl (C=O) groups excluding carboxylic acids is 1. The fraction of sp³-hybridized carbons (Fsp3) is 0.208. The highest BCUT2D eigenvalue weighted by Gasteiger charge is 2.25. The average Bonchev–Trinajstić information content (AvgIpc) is 2.73. The van der Waals surface area contributed by atoms with E-state index in [1.54, 1.807) is 18.2 Å². The van der Waals surface area contributed by atoms with E-state index < -0.39 is 10.0 Å². The van der Waals surface area contributed by atoms with E-state index in [1.807, 2.05) is 56.3 Å². The van der Waals surface area contributed by atoms with Gasteiger partial charge in [-0.15, -0.1) is 0 Å². The molecule has 5 nitrogen and oxygen atoms in total. The number of aryl methyl sites for hydroxylation is 2. The maximum atomic E-state index is 12.8. The summed E-state index contributed by atoms with van der Waals surface area (Å²) < 4.78 is 26.5. The zero-order chi connectivity index (χ0) is 21.7. The van der Waals surface area contributed by atoms with E-state index in [9.17, 15) is 13.2 Å². The molecule has 0 saturated heterocycles. The van der Waals surface area contributed by atoms with Gasteiger partial charge in [-0.2, -0.15) is 4.31 Å². The molecule has 0 saturated carbocycles. The Bertz CT molecular complexity index is 1110. The number of amides is 1. The minimum Gasteiger partial charge on any atom is -0.344 e. The van der Waals surface area contributed by atoms with Crippen LogP contribution in [0.2, 0.25) is 0 Å². The number of nitrogens with one attached hydrogen (secondary N) is 1. The lowest BCUT2D eigenvalue weighted by Gasteiger charge is -2.24. The number of likely N-dealkylation sites (N-methyl/N-ethyl adjacent to an activating group) is 1. The van der Waals surface area contributed by atoms with Crippen molar-refractivity contribution < 1.29 is 13.2 Å². The van der Waals surface area contributed by atoms with Gasteiger partial charge in [-0.1, -0.05) is 72.3 Å². The van der Waals surface area contributed by atoms with Crippen LogP contribution in [0, 0.1) is 13.8 Å². The normalized spacial score (nSPS) is 12.5. The molecule has 0 aliphatic heterocycles. The van der Waals surface area contributed by atoms with Crippen LogP contribution in [0.1, 0.15) is 28.3 Å². The predicted molar refractivity (Wildman–Crippen MR) is 119 cm³/mol. The van der Waals surface area contributed by atoms with Crippen molar-refractivity contribution in [2.45, 2.75) is 24.8 Å². The van der Waals surface area contributed by atoms with Crippen LogP contribution < -0.4 is 5.32 Å². The summed E-state index contributed by atoms with van der Waals surface area (Å²) in [5, 5.41) is 3.02. The number of sulfonamides is 1. The number of carbonyl (C=O) groups is 1. The third-order valence-corrected chi connectivity index (χ3v) is 6.81. The molecule has 3 rings (SSSR count). The number of rotatable bonds is 7. The van der Waals surface area contributed by atoms with Gasteiger partial charge in [0.1, 0.15) is 0 Å². The highest BCUT2D eigenvalue weighted by molar-refractivity contribution is 7.89. The smallest absolute Gasteiger partial charge is 0.243 e. The van der Waals surface area contributed by atoms with E-state index >= 15 is 0 Å². The monoisotopic (exact) mass is 422 g/mol. The van der Waals surface area contributed by atoms with Gasteiger partial charge in [-0.3, -0.25) is 4.79 Å². The number of benzene rings is 3. The first-order valence-electron chi connectivity index (χ1n) is 9.72. The van der Waals surface area contributed by atoms with Gasteiger partial charge in [-0.05, 0) is 42.7 Å². The Morgan fingerprint density at radius 1 is 0.933 bits per heavy atom. The Labute approximate surface area is 178 Å². The van der Waals surface area contributed by atoms with Gasteiger partial charge < -0.3 is 5.32 Å². The molecule has 156 valence electrons. The molecule has 0 bridgehead atoms. The Hall–Kier alpha value is -2.96. The number of nitrogens with zero attached hydrogens (tertiary/aromatic N) is 1. The number of hydrogen-bond acceptors (Lipinski definition) is 3. The summed E-state index contributed by atoms with van der Waals surface area (Å²) >= 11 is 0. The SMILES string of the molecule is Cc1ccc(C(NC(=O)CN(C)S(=O)(=O)c2ccccc2)c2ccccc2)c(C)c1. The number of hydrogen-bond donors (Lipinski definition) is 1. The predicted octanol–water partition coefficient (Wildman–Crippen LogP) is 3.83. The fourth-order valence-corrected chi connectivity index (χ4v) is 4.55. The molecule has 3 aromatic rings. The first-order chi connectivity index (χ1) is 14.3. The second kappa shape index (κ2) is 9.24. The lowest BCUT2D eigenvalue weighted by atomic mass is 9.94. The van der Waals surface area contributed by atoms with Gasteiger partial charge in [0.25, 0.3) is 0 Å². The molecule has 0 spiro atoms. The Morgan fingerprint density at radius 2 is 1.53 bits per heavy atom. The summed E-state index contributed by atoms with van der Waals surface area (Å²) in [5.74, 6) is -0.370. The van der Waals surface area contributed by atoms with Crippen LogP contribution in [0.5, 0.6) is 0 Å². The van der Waals surface area contributed by atoms with Crippen LogP contribution in [0.4, 0.5) is 0 Å². The maximum Gasteiger partial charge on any atom is 0.243 e. The molecule has 1 amide bonds. The lowest BCUT2D eigenvalue weighted by Crippen LogP contribution is -2.40. The van der Waals surface area contributed by atoms with Gasteiger partial charge in [0, 0.05) is 7.05 Å². The second-order valence-electron chi connectivity index (χ2n) is 7.35. The van der Waals surface area contributed by atoms with Crippen molar-refractivity contribution in [3.8, 4) is 0 Å². The van der Waals surface area contributed by atoms with Crippen molar-refractivity contribution in [1.82, 2.24) is 9.62 Å². The van der Waals surface area contributed by atoms with Crippen LogP contribution in [-0.2, 0) is 14.8 Å². The van der Waals surface area contributed by atoms with E-state index in [0.29, 0.717) is 0 Å². The zero-order valence-electron chi connectivity index (χ0n) is 17.4. The van der Waals surface area contributed by atoms with E-state index in [4.69, 9.17) is 0 Å². The van der Waals surface area contributed by atoms with Crippen molar-refractivity contribution in [2.24, 2.45) is 0 Å². The van der Waals surface area contributed by atoms with E-state index in [2.05, 4.69) is 11.4 Å². The van der Waals surface area contributed by atoms with Gasteiger partial charge in [0.15, 0.2) is 0 Å². The minimum atomic E-state index is -3.74. The first kappa shape index (κ1) is 21.7. The lowest BCUT2D eigenvalue weighted by molar-refractivity contribution is -0.121. The maximum absolute atomic E-state index is 12.8. The van der Waals surface area contributed by atoms with Crippen LogP contribution in [0.3, 0.4) is 0 Å². The summed E-state index contributed by atoms with van der Waals surface area (Å²) in [6, 6.07) is 23.5.